The predicted molar refractivity (Wildman–Crippen MR) is 69.2 cm³/mol. The third-order valence-electron chi connectivity index (χ3n) is 3.10. The largest absolute Gasteiger partial charge is 0.508 e. The van der Waals surface area contributed by atoms with E-state index in [9.17, 15) is 14.7 Å². The van der Waals surface area contributed by atoms with Crippen LogP contribution in [0.15, 0.2) is 24.3 Å². The Morgan fingerprint density at radius 1 is 1.32 bits per heavy atom. The molecule has 0 saturated carbocycles. The van der Waals surface area contributed by atoms with Crippen LogP contribution in [0, 0.1) is 0 Å². The number of phenolic OH excluding ortho intramolecular Hbond substituents is 1. The molecule has 0 radical (unpaired) electrons. The molecule has 1 unspecified atom stereocenters. The minimum atomic E-state index is -1.07. The third kappa shape index (κ3) is 2.37. The molecule has 0 fully saturated rings. The van der Waals surface area contributed by atoms with Crippen LogP contribution < -0.4 is 0 Å². The Balaban J connectivity index is 2.33. The summed E-state index contributed by atoms with van der Waals surface area (Å²) in [7, 11) is 1.43. The quantitative estimate of drug-likeness (QED) is 0.779. The van der Waals surface area contributed by atoms with Crippen molar-refractivity contribution in [3.63, 3.8) is 0 Å². The molecule has 2 aromatic rings. The Hall–Kier alpha value is -2.50. The second kappa shape index (κ2) is 4.64. The van der Waals surface area contributed by atoms with Crippen LogP contribution in [0.25, 0.3) is 10.9 Å². The fraction of sp³-hybridized carbons (Fsp3) is 0.231. The number of aromatic hydroxyl groups is 1. The van der Waals surface area contributed by atoms with Gasteiger partial charge in [0, 0.05) is 24.0 Å². The summed E-state index contributed by atoms with van der Waals surface area (Å²) in [5.41, 5.74) is 0.913. The topological polar surface area (TPSA) is 93.6 Å². The summed E-state index contributed by atoms with van der Waals surface area (Å²) in [5.74, 6) is -1.38. The zero-order valence-electron chi connectivity index (χ0n) is 10.5. The maximum Gasteiger partial charge on any atom is 0.326 e. The van der Waals surface area contributed by atoms with Crippen molar-refractivity contribution in [3.05, 3.63) is 30.0 Å². The van der Waals surface area contributed by atoms with Gasteiger partial charge in [0.1, 0.15) is 17.5 Å². The molecule has 3 N–H and O–H groups in total. The molecule has 1 aromatic heterocycles. The minimum Gasteiger partial charge on any atom is -0.508 e. The average Bonchev–Trinajstić information content (AvgIpc) is 2.78. The number of fused-ring (bicyclic) bond motifs is 1. The van der Waals surface area contributed by atoms with Crippen LogP contribution in [0.4, 0.5) is 0 Å². The van der Waals surface area contributed by atoms with Crippen molar-refractivity contribution in [3.8, 4) is 5.75 Å². The number of H-pyrrole nitrogens is 1. The third-order valence-corrected chi connectivity index (χ3v) is 3.10. The van der Waals surface area contributed by atoms with E-state index in [1.807, 2.05) is 0 Å². The molecule has 0 spiro atoms. The number of nitrogens with one attached hydrogen (secondary N) is 1. The van der Waals surface area contributed by atoms with Gasteiger partial charge in [-0.2, -0.15) is 0 Å². The Bertz CT molecular complexity index is 647. The summed E-state index contributed by atoms with van der Waals surface area (Å²) in [6, 6.07) is 5.42. The molecule has 0 aliphatic rings. The first kappa shape index (κ1) is 12.9. The predicted octanol–water partition coefficient (Wildman–Crippen LogP) is 1.42. The van der Waals surface area contributed by atoms with Gasteiger partial charge in [0.05, 0.1) is 0 Å². The van der Waals surface area contributed by atoms with Crippen LogP contribution in [0.1, 0.15) is 17.4 Å². The van der Waals surface area contributed by atoms with Gasteiger partial charge < -0.3 is 20.1 Å². The molecule has 100 valence electrons. The lowest BCUT2D eigenvalue weighted by Crippen LogP contribution is -2.40. The van der Waals surface area contributed by atoms with Crippen LogP contribution >= 0.6 is 0 Å². The number of nitrogens with zero attached hydrogens (tertiary/aromatic N) is 1. The molecule has 6 heteroatoms. The number of carbonyl (C=O) groups excluding carboxylic acids is 1. The number of amides is 1. The van der Waals surface area contributed by atoms with Crippen LogP contribution in [-0.2, 0) is 4.79 Å². The highest BCUT2D eigenvalue weighted by atomic mass is 16.4. The van der Waals surface area contributed by atoms with Crippen molar-refractivity contribution in [2.24, 2.45) is 0 Å². The number of aromatic nitrogens is 1. The Labute approximate surface area is 109 Å². The molecule has 1 aromatic carbocycles. The Kier molecular flexibility index (Phi) is 3.16. The first-order valence-electron chi connectivity index (χ1n) is 5.72. The number of carboxylic acid groups (broad SMARTS) is 1. The standard InChI is InChI=1S/C13H14N2O4/c1-7(13(18)19)15(2)12(17)11-5-8-3-4-9(16)6-10(8)14-11/h3-7,14,16H,1-2H3,(H,18,19). The van der Waals surface area contributed by atoms with Crippen molar-refractivity contribution in [2.75, 3.05) is 7.05 Å². The zero-order chi connectivity index (χ0) is 14.2. The van der Waals surface area contributed by atoms with Crippen LogP contribution in [0.3, 0.4) is 0 Å². The highest BCUT2D eigenvalue weighted by molar-refractivity contribution is 5.99. The molecule has 0 aliphatic heterocycles. The fourth-order valence-corrected chi connectivity index (χ4v) is 1.76. The number of rotatable bonds is 3. The van der Waals surface area contributed by atoms with Crippen LogP contribution in [-0.4, -0.2) is 45.1 Å². The second-order valence-electron chi connectivity index (χ2n) is 4.38. The molecule has 2 rings (SSSR count). The van der Waals surface area contributed by atoms with Gasteiger partial charge in [0.15, 0.2) is 0 Å². The van der Waals surface area contributed by atoms with E-state index in [0.717, 1.165) is 10.3 Å². The summed E-state index contributed by atoms with van der Waals surface area (Å²) in [6.07, 6.45) is 0. The van der Waals surface area contributed by atoms with Gasteiger partial charge >= 0.3 is 5.97 Å². The van der Waals surface area contributed by atoms with E-state index >= 15 is 0 Å². The van der Waals surface area contributed by atoms with Crippen molar-refractivity contribution in [1.29, 1.82) is 0 Å². The Morgan fingerprint density at radius 2 is 2.00 bits per heavy atom. The molecule has 1 heterocycles. The first-order chi connectivity index (χ1) is 8.90. The number of likely N-dealkylation sites (N-methyl/N-ethyl adjacent to an activating group) is 1. The summed E-state index contributed by atoms with van der Waals surface area (Å²) >= 11 is 0. The second-order valence-corrected chi connectivity index (χ2v) is 4.38. The number of hydrogen-bond donors (Lipinski definition) is 3. The summed E-state index contributed by atoms with van der Waals surface area (Å²) in [4.78, 5) is 27.0. The molecule has 19 heavy (non-hydrogen) atoms. The van der Waals surface area contributed by atoms with E-state index in [1.54, 1.807) is 12.1 Å². The van der Waals surface area contributed by atoms with E-state index in [0.29, 0.717) is 5.52 Å². The number of hydrogen-bond acceptors (Lipinski definition) is 3. The van der Waals surface area contributed by atoms with E-state index < -0.39 is 17.9 Å². The normalized spacial score (nSPS) is 12.3. The smallest absolute Gasteiger partial charge is 0.326 e. The van der Waals surface area contributed by atoms with Gasteiger partial charge in [-0.3, -0.25) is 4.79 Å². The molecule has 0 saturated heterocycles. The maximum absolute atomic E-state index is 12.1. The van der Waals surface area contributed by atoms with E-state index in [1.165, 1.54) is 26.1 Å². The van der Waals surface area contributed by atoms with Crippen molar-refractivity contribution >= 4 is 22.8 Å². The summed E-state index contributed by atoms with van der Waals surface area (Å²) < 4.78 is 0. The lowest BCUT2D eigenvalue weighted by atomic mass is 10.2. The summed E-state index contributed by atoms with van der Waals surface area (Å²) in [6.45, 7) is 1.44. The number of carbonyl (C=O) groups is 2. The van der Waals surface area contributed by atoms with Gasteiger partial charge in [0.2, 0.25) is 0 Å². The van der Waals surface area contributed by atoms with E-state index in [2.05, 4.69) is 4.98 Å². The van der Waals surface area contributed by atoms with E-state index in [-0.39, 0.29) is 11.4 Å². The van der Waals surface area contributed by atoms with Gasteiger partial charge in [-0.05, 0) is 25.1 Å². The number of aromatic amines is 1. The highest BCUT2D eigenvalue weighted by Gasteiger charge is 2.23. The lowest BCUT2D eigenvalue weighted by molar-refractivity contribution is -0.141. The highest BCUT2D eigenvalue weighted by Crippen LogP contribution is 2.21. The summed E-state index contributed by atoms with van der Waals surface area (Å²) in [5, 5.41) is 19.0. The molecular weight excluding hydrogens is 248 g/mol. The number of carboxylic acids is 1. The number of phenols is 1. The zero-order valence-corrected chi connectivity index (χ0v) is 10.5. The van der Waals surface area contributed by atoms with Crippen molar-refractivity contribution < 1.29 is 19.8 Å². The van der Waals surface area contributed by atoms with Crippen molar-refractivity contribution in [1.82, 2.24) is 9.88 Å². The van der Waals surface area contributed by atoms with Gasteiger partial charge in [-0.15, -0.1) is 0 Å². The molecular formula is C13H14N2O4. The number of aliphatic carboxylic acids is 1. The molecule has 0 bridgehead atoms. The SMILES string of the molecule is CC(C(=O)O)N(C)C(=O)c1cc2ccc(O)cc2[nH]1. The van der Waals surface area contributed by atoms with Crippen molar-refractivity contribution in [2.45, 2.75) is 13.0 Å². The number of benzene rings is 1. The maximum atomic E-state index is 12.1. The van der Waals surface area contributed by atoms with Crippen LogP contribution in [0.5, 0.6) is 5.75 Å². The minimum absolute atomic E-state index is 0.0978. The van der Waals surface area contributed by atoms with E-state index in [4.69, 9.17) is 5.11 Å². The van der Waals surface area contributed by atoms with Gasteiger partial charge in [0.25, 0.3) is 5.91 Å². The molecule has 6 nitrogen and oxygen atoms in total. The van der Waals surface area contributed by atoms with Crippen LogP contribution in [0.2, 0.25) is 0 Å². The monoisotopic (exact) mass is 262 g/mol. The molecule has 0 aliphatic carbocycles. The molecule has 1 atom stereocenters. The van der Waals surface area contributed by atoms with Gasteiger partial charge in [-0.25, -0.2) is 4.79 Å². The first-order valence-corrected chi connectivity index (χ1v) is 5.72. The molecule has 1 amide bonds. The lowest BCUT2D eigenvalue weighted by Gasteiger charge is -2.20. The Morgan fingerprint density at radius 3 is 2.63 bits per heavy atom. The average molecular weight is 262 g/mol. The fourth-order valence-electron chi connectivity index (χ4n) is 1.76. The van der Waals surface area contributed by atoms with Gasteiger partial charge in [-0.1, -0.05) is 0 Å².